The molecule has 4 aromatic carbocycles. The van der Waals surface area contributed by atoms with Gasteiger partial charge in [0.2, 0.25) is 5.91 Å². The number of fused-ring (bicyclic) bond motifs is 1. The number of terminal acetylenes is 1. The van der Waals surface area contributed by atoms with Crippen LogP contribution < -0.4 is 14.8 Å². The quantitative estimate of drug-likeness (QED) is 0.389. The number of nitrogens with one attached hydrogen (secondary N) is 1. The molecule has 1 N–H and O–H groups in total. The summed E-state index contributed by atoms with van der Waals surface area (Å²) in [5.41, 5.74) is 3.49. The molecule has 4 aromatic rings. The van der Waals surface area contributed by atoms with Crippen LogP contribution in [0.2, 0.25) is 0 Å². The van der Waals surface area contributed by atoms with E-state index in [-0.39, 0.29) is 12.5 Å². The number of amides is 1. The minimum atomic E-state index is -0.0753. The molecule has 4 heteroatoms. The van der Waals surface area contributed by atoms with E-state index >= 15 is 0 Å². The number of hydrogen-bond acceptors (Lipinski definition) is 3. The van der Waals surface area contributed by atoms with E-state index in [2.05, 4.69) is 29.4 Å². The van der Waals surface area contributed by atoms with Crippen LogP contribution in [0.1, 0.15) is 5.56 Å². The van der Waals surface area contributed by atoms with Gasteiger partial charge >= 0.3 is 0 Å². The minimum Gasteiger partial charge on any atom is -0.493 e. The molecule has 0 fully saturated rings. The summed E-state index contributed by atoms with van der Waals surface area (Å²) in [7, 11) is 1.58. The van der Waals surface area contributed by atoms with Crippen molar-refractivity contribution in [3.05, 3.63) is 90.5 Å². The second-order valence-electron chi connectivity index (χ2n) is 7.31. The van der Waals surface area contributed by atoms with E-state index in [0.29, 0.717) is 17.9 Å². The molecule has 32 heavy (non-hydrogen) atoms. The topological polar surface area (TPSA) is 47.6 Å². The molecule has 0 aliphatic heterocycles. The molecule has 0 bridgehead atoms. The van der Waals surface area contributed by atoms with Crippen molar-refractivity contribution in [2.24, 2.45) is 0 Å². The van der Waals surface area contributed by atoms with Gasteiger partial charge in [-0.25, -0.2) is 0 Å². The Labute approximate surface area is 187 Å². The van der Waals surface area contributed by atoms with Crippen LogP contribution in [0.3, 0.4) is 0 Å². The van der Waals surface area contributed by atoms with Crippen LogP contribution >= 0.6 is 0 Å². The maximum absolute atomic E-state index is 12.8. The van der Waals surface area contributed by atoms with Crippen LogP contribution in [0.15, 0.2) is 84.9 Å². The molecular formula is C28H23NO3. The van der Waals surface area contributed by atoms with E-state index in [9.17, 15) is 4.79 Å². The predicted octanol–water partition coefficient (Wildman–Crippen LogP) is 5.71. The number of para-hydroxylation sites is 1. The highest BCUT2D eigenvalue weighted by atomic mass is 16.5. The lowest BCUT2D eigenvalue weighted by molar-refractivity contribution is -0.115. The predicted molar refractivity (Wildman–Crippen MR) is 129 cm³/mol. The number of hydrogen-bond donors (Lipinski definition) is 1. The van der Waals surface area contributed by atoms with Gasteiger partial charge in [0, 0.05) is 11.3 Å². The molecule has 158 valence electrons. The summed E-state index contributed by atoms with van der Waals surface area (Å²) in [6.45, 7) is 0.164. The van der Waals surface area contributed by atoms with Crippen molar-refractivity contribution in [3.8, 4) is 35.0 Å². The normalized spacial score (nSPS) is 10.4. The smallest absolute Gasteiger partial charge is 0.228 e. The molecule has 0 heterocycles. The SMILES string of the molecule is C#CCOc1ccc(-c2ccccc2NC(=O)Cc2ccc3ccccc3c2)cc1OC. The lowest BCUT2D eigenvalue weighted by Crippen LogP contribution is -2.15. The number of methoxy groups -OCH3 is 1. The molecule has 0 atom stereocenters. The highest BCUT2D eigenvalue weighted by Crippen LogP contribution is 2.35. The van der Waals surface area contributed by atoms with Gasteiger partial charge in [-0.3, -0.25) is 4.79 Å². The van der Waals surface area contributed by atoms with Crippen molar-refractivity contribution >= 4 is 22.4 Å². The average Bonchev–Trinajstić information content (AvgIpc) is 2.83. The van der Waals surface area contributed by atoms with Crippen LogP contribution in [-0.4, -0.2) is 19.6 Å². The molecule has 0 aliphatic carbocycles. The first-order valence-corrected chi connectivity index (χ1v) is 10.3. The zero-order valence-electron chi connectivity index (χ0n) is 17.8. The first-order chi connectivity index (χ1) is 15.7. The number of rotatable bonds is 7. The first kappa shape index (κ1) is 21.0. The van der Waals surface area contributed by atoms with E-state index in [1.807, 2.05) is 66.7 Å². The molecule has 0 aromatic heterocycles. The van der Waals surface area contributed by atoms with Crippen molar-refractivity contribution in [2.75, 3.05) is 19.0 Å². The molecule has 0 unspecified atom stereocenters. The number of carbonyl (C=O) groups excluding carboxylic acids is 1. The monoisotopic (exact) mass is 421 g/mol. The van der Waals surface area contributed by atoms with E-state index in [0.717, 1.165) is 33.2 Å². The highest BCUT2D eigenvalue weighted by molar-refractivity contribution is 5.97. The summed E-state index contributed by atoms with van der Waals surface area (Å²) in [6.07, 6.45) is 5.57. The van der Waals surface area contributed by atoms with Crippen molar-refractivity contribution in [1.29, 1.82) is 0 Å². The Kier molecular flexibility index (Phi) is 6.38. The maximum atomic E-state index is 12.8. The average molecular weight is 421 g/mol. The molecule has 1 amide bonds. The second kappa shape index (κ2) is 9.72. The summed E-state index contributed by atoms with van der Waals surface area (Å²) in [4.78, 5) is 12.8. The molecule has 0 spiro atoms. The van der Waals surface area contributed by atoms with E-state index in [4.69, 9.17) is 15.9 Å². The van der Waals surface area contributed by atoms with Crippen molar-refractivity contribution in [1.82, 2.24) is 0 Å². The van der Waals surface area contributed by atoms with Crippen LogP contribution in [-0.2, 0) is 11.2 Å². The molecule has 0 aliphatic rings. The summed E-state index contributed by atoms with van der Waals surface area (Å²) in [5.74, 6) is 3.53. The van der Waals surface area contributed by atoms with Crippen LogP contribution in [0.4, 0.5) is 5.69 Å². The Morgan fingerprint density at radius 1 is 0.906 bits per heavy atom. The van der Waals surface area contributed by atoms with Gasteiger partial charge in [-0.05, 0) is 40.1 Å². The largest absolute Gasteiger partial charge is 0.493 e. The summed E-state index contributed by atoms with van der Waals surface area (Å²) in [6, 6.07) is 27.5. The standard InChI is InChI=1S/C28H23NO3/c1-3-16-32-26-15-14-23(19-27(26)31-2)24-10-6-7-11-25(24)29-28(30)18-20-12-13-21-8-4-5-9-22(21)17-20/h1,4-15,17,19H,16,18H2,2H3,(H,29,30). The Morgan fingerprint density at radius 3 is 2.50 bits per heavy atom. The van der Waals surface area contributed by atoms with Crippen LogP contribution in [0.25, 0.3) is 21.9 Å². The Bertz CT molecular complexity index is 1300. The molecule has 4 nitrogen and oxygen atoms in total. The third kappa shape index (κ3) is 4.74. The summed E-state index contributed by atoms with van der Waals surface area (Å²) in [5, 5.41) is 5.34. The third-order valence-electron chi connectivity index (χ3n) is 5.17. The van der Waals surface area contributed by atoms with Gasteiger partial charge in [-0.2, -0.15) is 0 Å². The number of anilines is 1. The van der Waals surface area contributed by atoms with Gasteiger partial charge < -0.3 is 14.8 Å². The van der Waals surface area contributed by atoms with Gasteiger partial charge in [0.1, 0.15) is 6.61 Å². The second-order valence-corrected chi connectivity index (χ2v) is 7.31. The van der Waals surface area contributed by atoms with Gasteiger partial charge in [-0.1, -0.05) is 72.7 Å². The van der Waals surface area contributed by atoms with Gasteiger partial charge in [0.25, 0.3) is 0 Å². The lowest BCUT2D eigenvalue weighted by atomic mass is 10.0. The minimum absolute atomic E-state index is 0.0753. The van der Waals surface area contributed by atoms with E-state index < -0.39 is 0 Å². The van der Waals surface area contributed by atoms with Gasteiger partial charge in [0.05, 0.1) is 13.5 Å². The zero-order valence-corrected chi connectivity index (χ0v) is 17.8. The number of carbonyl (C=O) groups is 1. The maximum Gasteiger partial charge on any atom is 0.228 e. The molecule has 4 rings (SSSR count). The molecule has 0 saturated heterocycles. The molecular weight excluding hydrogens is 398 g/mol. The lowest BCUT2D eigenvalue weighted by Gasteiger charge is -2.14. The van der Waals surface area contributed by atoms with Gasteiger partial charge in [-0.15, -0.1) is 6.42 Å². The first-order valence-electron chi connectivity index (χ1n) is 10.3. The Morgan fingerprint density at radius 2 is 1.69 bits per heavy atom. The summed E-state index contributed by atoms with van der Waals surface area (Å²) >= 11 is 0. The zero-order chi connectivity index (χ0) is 22.3. The Hall–Kier alpha value is -4.23. The van der Waals surface area contributed by atoms with E-state index in [1.54, 1.807) is 7.11 Å². The fourth-order valence-electron chi connectivity index (χ4n) is 3.65. The fraction of sp³-hybridized carbons (Fsp3) is 0.107. The van der Waals surface area contributed by atoms with Crippen molar-refractivity contribution < 1.29 is 14.3 Å². The van der Waals surface area contributed by atoms with Crippen LogP contribution in [0, 0.1) is 12.3 Å². The van der Waals surface area contributed by atoms with Crippen LogP contribution in [0.5, 0.6) is 11.5 Å². The van der Waals surface area contributed by atoms with Crippen molar-refractivity contribution in [2.45, 2.75) is 6.42 Å². The molecule has 0 radical (unpaired) electrons. The summed E-state index contributed by atoms with van der Waals surface area (Å²) < 4.78 is 11.0. The fourth-order valence-corrected chi connectivity index (χ4v) is 3.65. The van der Waals surface area contributed by atoms with Gasteiger partial charge in [0.15, 0.2) is 11.5 Å². The molecule has 0 saturated carbocycles. The third-order valence-corrected chi connectivity index (χ3v) is 5.17. The van der Waals surface area contributed by atoms with Crippen molar-refractivity contribution in [3.63, 3.8) is 0 Å². The number of ether oxygens (including phenoxy) is 2. The highest BCUT2D eigenvalue weighted by Gasteiger charge is 2.12. The Balaban J connectivity index is 1.55. The number of benzene rings is 4. The van der Waals surface area contributed by atoms with E-state index in [1.165, 1.54) is 0 Å².